The van der Waals surface area contributed by atoms with Gasteiger partial charge in [-0.15, -0.1) is 0 Å². The Morgan fingerprint density at radius 2 is 0.707 bits per heavy atom. The molecule has 0 saturated heterocycles. The van der Waals surface area contributed by atoms with Crippen LogP contribution in [0.3, 0.4) is 0 Å². The third kappa shape index (κ3) is 34.9. The van der Waals surface area contributed by atoms with Gasteiger partial charge in [-0.05, 0) is 37.8 Å². The van der Waals surface area contributed by atoms with E-state index in [1.165, 1.54) is 167 Å². The van der Waals surface area contributed by atoms with Gasteiger partial charge in [0, 0.05) is 0 Å². The summed E-state index contributed by atoms with van der Waals surface area (Å²) in [4.78, 5) is 9.73. The molecule has 0 bridgehead atoms. The van der Waals surface area contributed by atoms with Crippen molar-refractivity contribution in [3.8, 4) is 0 Å². The van der Waals surface area contributed by atoms with Gasteiger partial charge in [0.25, 0.3) is 0 Å². The second kappa shape index (κ2) is 33.3. The number of allylic oxidation sites excluding steroid dienone is 6. The molecule has 0 atom stereocenters. The zero-order chi connectivity index (χ0) is 30.0. The minimum atomic E-state index is -4.11. The SMILES string of the molecule is CCCCCCCCCCCCCCC=CC=COP(=O)(O)OC=CC=CCCCCCCCCCCCCCC. The third-order valence-electron chi connectivity index (χ3n) is 7.49. The molecule has 0 rings (SSSR count). The molecule has 41 heavy (non-hydrogen) atoms. The van der Waals surface area contributed by atoms with Crippen LogP contribution in [0.4, 0.5) is 0 Å². The van der Waals surface area contributed by atoms with Gasteiger partial charge in [0.1, 0.15) is 0 Å². The molecular formula is C36H67O4P. The van der Waals surface area contributed by atoms with E-state index in [0.29, 0.717) is 0 Å². The molecule has 0 aromatic carbocycles. The number of rotatable bonds is 32. The third-order valence-corrected chi connectivity index (χ3v) is 8.26. The van der Waals surface area contributed by atoms with Crippen LogP contribution in [-0.4, -0.2) is 4.89 Å². The summed E-state index contributed by atoms with van der Waals surface area (Å²) in [5.74, 6) is 0. The Morgan fingerprint density at radius 1 is 0.439 bits per heavy atom. The topological polar surface area (TPSA) is 55.8 Å². The van der Waals surface area contributed by atoms with E-state index < -0.39 is 7.82 Å². The number of hydrogen-bond donors (Lipinski definition) is 1. The molecule has 1 N–H and O–H groups in total. The standard InChI is InChI=1S/C36H67O4P/c1-3-5-7-9-11-13-15-17-19-21-23-25-27-29-31-33-35-39-41(37,38)40-36-34-32-30-28-26-24-22-20-18-16-14-12-10-8-6-4-2/h29-36H,3-28H2,1-2H3,(H,37,38). The Labute approximate surface area is 255 Å². The first-order valence-electron chi connectivity index (χ1n) is 17.4. The predicted molar refractivity (Wildman–Crippen MR) is 180 cm³/mol. The van der Waals surface area contributed by atoms with Crippen molar-refractivity contribution in [1.82, 2.24) is 0 Å². The Hall–Kier alpha value is -1.25. The quantitative estimate of drug-likeness (QED) is 0.0364. The lowest BCUT2D eigenvalue weighted by atomic mass is 10.0. The van der Waals surface area contributed by atoms with E-state index >= 15 is 0 Å². The molecule has 0 aromatic heterocycles. The molecular weight excluding hydrogens is 527 g/mol. The maximum absolute atomic E-state index is 11.9. The van der Waals surface area contributed by atoms with Gasteiger partial charge in [-0.3, -0.25) is 4.89 Å². The van der Waals surface area contributed by atoms with E-state index in [-0.39, 0.29) is 0 Å². The van der Waals surface area contributed by atoms with Crippen LogP contribution in [0.2, 0.25) is 0 Å². The maximum atomic E-state index is 11.9. The summed E-state index contributed by atoms with van der Waals surface area (Å²) in [6.07, 6.45) is 48.0. The van der Waals surface area contributed by atoms with Gasteiger partial charge in [-0.1, -0.05) is 179 Å². The van der Waals surface area contributed by atoms with E-state index in [0.717, 1.165) is 12.8 Å². The molecule has 0 amide bonds. The van der Waals surface area contributed by atoms with Crippen LogP contribution in [-0.2, 0) is 13.6 Å². The average Bonchev–Trinajstić information content (AvgIpc) is 2.96. The normalized spacial score (nSPS) is 13.7. The molecule has 0 aliphatic heterocycles. The fraction of sp³-hybridized carbons (Fsp3) is 0.778. The second-order valence-corrected chi connectivity index (χ2v) is 12.9. The fourth-order valence-electron chi connectivity index (χ4n) is 4.90. The lowest BCUT2D eigenvalue weighted by molar-refractivity contribution is 0.244. The van der Waals surface area contributed by atoms with Gasteiger partial charge in [-0.2, -0.15) is 0 Å². The van der Waals surface area contributed by atoms with Crippen molar-refractivity contribution < 1.29 is 18.5 Å². The van der Waals surface area contributed by atoms with Crippen molar-refractivity contribution in [2.45, 2.75) is 181 Å². The Bertz CT molecular complexity index is 629. The molecule has 4 nitrogen and oxygen atoms in total. The zero-order valence-electron chi connectivity index (χ0n) is 27.1. The first-order valence-corrected chi connectivity index (χ1v) is 18.9. The molecule has 5 heteroatoms. The first kappa shape index (κ1) is 39.8. The monoisotopic (exact) mass is 594 g/mol. The van der Waals surface area contributed by atoms with Crippen LogP contribution in [0.1, 0.15) is 181 Å². The Kier molecular flexibility index (Phi) is 32.2. The van der Waals surface area contributed by atoms with Crippen LogP contribution in [0, 0.1) is 0 Å². The number of unbranched alkanes of at least 4 members (excludes halogenated alkanes) is 24. The highest BCUT2D eigenvalue weighted by Gasteiger charge is 2.19. The molecule has 0 fully saturated rings. The largest absolute Gasteiger partial charge is 0.583 e. The number of hydrogen-bond acceptors (Lipinski definition) is 3. The van der Waals surface area contributed by atoms with E-state index in [1.54, 1.807) is 12.2 Å². The average molecular weight is 595 g/mol. The predicted octanol–water partition coefficient (Wildman–Crippen LogP) is 13.4. The first-order chi connectivity index (χ1) is 20.1. The van der Waals surface area contributed by atoms with Crippen LogP contribution in [0.25, 0.3) is 0 Å². The highest BCUT2D eigenvalue weighted by Crippen LogP contribution is 2.43. The van der Waals surface area contributed by atoms with E-state index in [4.69, 9.17) is 9.05 Å². The van der Waals surface area contributed by atoms with Crippen LogP contribution in [0.15, 0.2) is 49.0 Å². The van der Waals surface area contributed by atoms with Crippen LogP contribution < -0.4 is 0 Å². The van der Waals surface area contributed by atoms with E-state index in [2.05, 4.69) is 26.0 Å². The van der Waals surface area contributed by atoms with Gasteiger partial charge in [0.05, 0.1) is 12.5 Å². The molecule has 0 aliphatic rings. The molecule has 0 heterocycles. The molecule has 0 aliphatic carbocycles. The van der Waals surface area contributed by atoms with Crippen molar-refractivity contribution in [3.05, 3.63) is 49.0 Å². The highest BCUT2D eigenvalue weighted by molar-refractivity contribution is 7.47. The molecule has 0 spiro atoms. The Balaban J connectivity index is 3.55. The summed E-state index contributed by atoms with van der Waals surface area (Å²) >= 11 is 0. The second-order valence-electron chi connectivity index (χ2n) is 11.5. The molecule has 0 unspecified atom stereocenters. The summed E-state index contributed by atoms with van der Waals surface area (Å²) in [7, 11) is -4.11. The smallest absolute Gasteiger partial charge is 0.403 e. The summed E-state index contributed by atoms with van der Waals surface area (Å²) in [5.41, 5.74) is 0. The molecule has 0 radical (unpaired) electrons. The van der Waals surface area contributed by atoms with Gasteiger partial charge < -0.3 is 9.05 Å². The van der Waals surface area contributed by atoms with E-state index in [1.807, 2.05) is 12.2 Å². The Morgan fingerprint density at radius 3 is 1.00 bits per heavy atom. The fourth-order valence-corrected chi connectivity index (χ4v) is 5.39. The van der Waals surface area contributed by atoms with Crippen LogP contribution in [0.5, 0.6) is 0 Å². The van der Waals surface area contributed by atoms with Crippen molar-refractivity contribution in [3.63, 3.8) is 0 Å². The molecule has 0 aromatic rings. The highest BCUT2D eigenvalue weighted by atomic mass is 31.2. The molecule has 0 saturated carbocycles. The van der Waals surface area contributed by atoms with Gasteiger partial charge in [-0.25, -0.2) is 4.57 Å². The maximum Gasteiger partial charge on any atom is 0.583 e. The summed E-state index contributed by atoms with van der Waals surface area (Å²) in [6.45, 7) is 4.54. The zero-order valence-corrected chi connectivity index (χ0v) is 28.0. The minimum absolute atomic E-state index is 1.02. The number of phosphoric acid groups is 1. The van der Waals surface area contributed by atoms with Crippen molar-refractivity contribution in [2.24, 2.45) is 0 Å². The van der Waals surface area contributed by atoms with E-state index in [9.17, 15) is 9.46 Å². The van der Waals surface area contributed by atoms with Crippen molar-refractivity contribution in [2.75, 3.05) is 0 Å². The molecule has 240 valence electrons. The van der Waals surface area contributed by atoms with Crippen molar-refractivity contribution in [1.29, 1.82) is 0 Å². The number of phosphoric ester groups is 1. The summed E-state index contributed by atoms with van der Waals surface area (Å²) < 4.78 is 21.6. The van der Waals surface area contributed by atoms with Gasteiger partial charge >= 0.3 is 7.82 Å². The van der Waals surface area contributed by atoms with Gasteiger partial charge in [0.15, 0.2) is 0 Å². The summed E-state index contributed by atoms with van der Waals surface area (Å²) in [6, 6.07) is 0. The van der Waals surface area contributed by atoms with Gasteiger partial charge in [0.2, 0.25) is 0 Å². The lowest BCUT2D eigenvalue weighted by Gasteiger charge is -2.06. The lowest BCUT2D eigenvalue weighted by Crippen LogP contribution is -1.83. The minimum Gasteiger partial charge on any atom is -0.403 e. The van der Waals surface area contributed by atoms with Crippen LogP contribution >= 0.6 is 7.82 Å². The summed E-state index contributed by atoms with van der Waals surface area (Å²) in [5, 5.41) is 0. The van der Waals surface area contributed by atoms with Crippen molar-refractivity contribution >= 4 is 7.82 Å².